The summed E-state index contributed by atoms with van der Waals surface area (Å²) in [6.07, 6.45) is 7.58. The molecule has 0 aromatic carbocycles. The summed E-state index contributed by atoms with van der Waals surface area (Å²) in [6.45, 7) is 3.97. The smallest absolute Gasteiger partial charge is 0.247 e. The molecular weight excluding hydrogens is 386 g/mol. The molecular formula is C20H19N7OS. The fourth-order valence-corrected chi connectivity index (χ4v) is 4.07. The number of aromatic nitrogens is 7. The van der Waals surface area contributed by atoms with Crippen LogP contribution in [-0.2, 0) is 0 Å². The summed E-state index contributed by atoms with van der Waals surface area (Å²) >= 11 is 1.58. The van der Waals surface area contributed by atoms with Gasteiger partial charge in [0.05, 0.1) is 5.25 Å². The number of pyridine rings is 2. The van der Waals surface area contributed by atoms with E-state index >= 15 is 0 Å². The zero-order valence-corrected chi connectivity index (χ0v) is 16.9. The van der Waals surface area contributed by atoms with E-state index in [1.54, 1.807) is 30.4 Å². The fraction of sp³-hybridized carbons (Fsp3) is 0.300. The Morgan fingerprint density at radius 2 is 1.83 bits per heavy atom. The van der Waals surface area contributed by atoms with E-state index in [-0.39, 0.29) is 5.25 Å². The third-order valence-corrected chi connectivity index (χ3v) is 5.77. The molecule has 8 nitrogen and oxygen atoms in total. The summed E-state index contributed by atoms with van der Waals surface area (Å²) < 4.78 is 8.15. The van der Waals surface area contributed by atoms with Crippen molar-refractivity contribution in [3.05, 3.63) is 54.4 Å². The van der Waals surface area contributed by atoms with E-state index in [0.717, 1.165) is 40.6 Å². The quantitative estimate of drug-likeness (QED) is 0.439. The van der Waals surface area contributed by atoms with E-state index < -0.39 is 0 Å². The largest absolute Gasteiger partial charge is 0.419 e. The van der Waals surface area contributed by atoms with Crippen LogP contribution in [0.2, 0.25) is 0 Å². The van der Waals surface area contributed by atoms with Crippen LogP contribution in [0.25, 0.3) is 22.8 Å². The van der Waals surface area contributed by atoms with Crippen molar-refractivity contribution in [1.29, 1.82) is 0 Å². The van der Waals surface area contributed by atoms with Crippen LogP contribution in [0.4, 0.5) is 0 Å². The van der Waals surface area contributed by atoms with Crippen molar-refractivity contribution >= 4 is 11.8 Å². The van der Waals surface area contributed by atoms with Gasteiger partial charge in [-0.2, -0.15) is 0 Å². The van der Waals surface area contributed by atoms with Gasteiger partial charge >= 0.3 is 0 Å². The van der Waals surface area contributed by atoms with Crippen LogP contribution in [0, 0.1) is 6.92 Å². The third kappa shape index (κ3) is 3.65. The van der Waals surface area contributed by atoms with Crippen molar-refractivity contribution in [2.75, 3.05) is 0 Å². The Bertz CT molecular complexity index is 1140. The lowest BCUT2D eigenvalue weighted by atomic mass is 10.2. The SMILES string of the molecule is Cc1cc(-c2nnc(C(C)Sc3nnc(-c4ccncc4)n3C3CC3)o2)ccn1. The highest BCUT2D eigenvalue weighted by atomic mass is 32.2. The number of rotatable bonds is 6. The first-order valence-electron chi connectivity index (χ1n) is 9.47. The lowest BCUT2D eigenvalue weighted by Gasteiger charge is -2.10. The van der Waals surface area contributed by atoms with E-state index in [4.69, 9.17) is 4.42 Å². The predicted octanol–water partition coefficient (Wildman–Crippen LogP) is 4.28. The van der Waals surface area contributed by atoms with Gasteiger partial charge in [-0.15, -0.1) is 20.4 Å². The monoisotopic (exact) mass is 405 g/mol. The Labute approximate surface area is 171 Å². The van der Waals surface area contributed by atoms with Crippen molar-refractivity contribution < 1.29 is 4.42 Å². The lowest BCUT2D eigenvalue weighted by Crippen LogP contribution is -2.01. The summed E-state index contributed by atoms with van der Waals surface area (Å²) in [6, 6.07) is 8.16. The Morgan fingerprint density at radius 3 is 2.59 bits per heavy atom. The molecule has 1 atom stereocenters. The Morgan fingerprint density at radius 1 is 1.03 bits per heavy atom. The van der Waals surface area contributed by atoms with Gasteiger partial charge in [-0.05, 0) is 51.0 Å². The second kappa shape index (κ2) is 7.40. The molecule has 0 radical (unpaired) electrons. The molecule has 1 saturated carbocycles. The molecule has 0 spiro atoms. The summed E-state index contributed by atoms with van der Waals surface area (Å²) in [5.74, 6) is 1.94. The molecule has 0 bridgehead atoms. The number of hydrogen-bond donors (Lipinski definition) is 0. The molecule has 1 aliphatic rings. The van der Waals surface area contributed by atoms with Crippen LogP contribution in [0.5, 0.6) is 0 Å². The van der Waals surface area contributed by atoms with E-state index in [1.807, 2.05) is 38.1 Å². The molecule has 0 amide bonds. The molecule has 29 heavy (non-hydrogen) atoms. The first-order chi connectivity index (χ1) is 14.2. The second-order valence-electron chi connectivity index (χ2n) is 7.03. The zero-order valence-electron chi connectivity index (χ0n) is 16.1. The molecule has 146 valence electrons. The highest BCUT2D eigenvalue weighted by molar-refractivity contribution is 7.99. The molecule has 0 saturated heterocycles. The molecule has 9 heteroatoms. The van der Waals surface area contributed by atoms with E-state index in [0.29, 0.717) is 17.8 Å². The van der Waals surface area contributed by atoms with Crippen molar-refractivity contribution in [2.45, 2.75) is 43.1 Å². The molecule has 0 aliphatic heterocycles. The van der Waals surface area contributed by atoms with Gasteiger partial charge in [-0.3, -0.25) is 14.5 Å². The summed E-state index contributed by atoms with van der Waals surface area (Å²) in [5.41, 5.74) is 2.80. The zero-order chi connectivity index (χ0) is 19.8. The van der Waals surface area contributed by atoms with Crippen LogP contribution in [0.3, 0.4) is 0 Å². The van der Waals surface area contributed by atoms with Gasteiger partial charge in [0.15, 0.2) is 11.0 Å². The molecule has 1 fully saturated rings. The van der Waals surface area contributed by atoms with Gasteiger partial charge in [-0.25, -0.2) is 0 Å². The number of aryl methyl sites for hydroxylation is 1. The minimum absolute atomic E-state index is 0.0498. The van der Waals surface area contributed by atoms with Crippen LogP contribution in [0.15, 0.2) is 52.4 Å². The predicted molar refractivity (Wildman–Crippen MR) is 108 cm³/mol. The Kier molecular flexibility index (Phi) is 4.59. The lowest BCUT2D eigenvalue weighted by molar-refractivity contribution is 0.508. The highest BCUT2D eigenvalue weighted by Gasteiger charge is 2.31. The van der Waals surface area contributed by atoms with E-state index in [1.165, 1.54) is 0 Å². The summed E-state index contributed by atoms with van der Waals surface area (Å²) in [4.78, 5) is 8.30. The Hall–Kier alpha value is -3.07. The van der Waals surface area contributed by atoms with Gasteiger partial charge in [-0.1, -0.05) is 11.8 Å². The van der Waals surface area contributed by atoms with Gasteiger partial charge in [0.1, 0.15) is 0 Å². The van der Waals surface area contributed by atoms with Crippen LogP contribution in [0.1, 0.15) is 42.6 Å². The standard InChI is InChI=1S/C20H19N7OS/c1-12-11-15(7-10-22-12)19-25-24-18(28-19)13(2)29-20-26-23-17(27(20)16-3-4-16)14-5-8-21-9-6-14/h5-11,13,16H,3-4H2,1-2H3. The normalized spacial score (nSPS) is 14.8. The van der Waals surface area contributed by atoms with Crippen molar-refractivity contribution in [3.8, 4) is 22.8 Å². The van der Waals surface area contributed by atoms with Crippen LogP contribution < -0.4 is 0 Å². The molecule has 4 heterocycles. The number of nitrogens with zero attached hydrogens (tertiary/aromatic N) is 7. The molecule has 1 aliphatic carbocycles. The fourth-order valence-electron chi connectivity index (χ4n) is 3.12. The minimum Gasteiger partial charge on any atom is -0.419 e. The first-order valence-corrected chi connectivity index (χ1v) is 10.4. The summed E-state index contributed by atoms with van der Waals surface area (Å²) in [7, 11) is 0. The number of thioether (sulfide) groups is 1. The van der Waals surface area contributed by atoms with Crippen LogP contribution >= 0.6 is 11.8 Å². The molecule has 0 N–H and O–H groups in total. The molecule has 1 unspecified atom stereocenters. The number of hydrogen-bond acceptors (Lipinski definition) is 8. The van der Waals surface area contributed by atoms with Gasteiger partial charge in [0.2, 0.25) is 11.8 Å². The van der Waals surface area contributed by atoms with Crippen molar-refractivity contribution in [2.24, 2.45) is 0 Å². The van der Waals surface area contributed by atoms with Crippen molar-refractivity contribution in [3.63, 3.8) is 0 Å². The van der Waals surface area contributed by atoms with Crippen LogP contribution in [-0.4, -0.2) is 34.9 Å². The second-order valence-corrected chi connectivity index (χ2v) is 8.34. The van der Waals surface area contributed by atoms with Crippen molar-refractivity contribution in [1.82, 2.24) is 34.9 Å². The van der Waals surface area contributed by atoms with E-state index in [9.17, 15) is 0 Å². The van der Waals surface area contributed by atoms with E-state index in [2.05, 4.69) is 34.9 Å². The highest BCUT2D eigenvalue weighted by Crippen LogP contribution is 2.43. The Balaban J connectivity index is 1.40. The van der Waals surface area contributed by atoms with Gasteiger partial charge < -0.3 is 4.42 Å². The summed E-state index contributed by atoms with van der Waals surface area (Å²) in [5, 5.41) is 18.2. The topological polar surface area (TPSA) is 95.4 Å². The first kappa shape index (κ1) is 18.0. The molecule has 4 aromatic heterocycles. The average molecular weight is 405 g/mol. The molecule has 4 aromatic rings. The molecule has 5 rings (SSSR count). The maximum absolute atomic E-state index is 5.93. The average Bonchev–Trinajstić information content (AvgIpc) is 3.29. The maximum atomic E-state index is 5.93. The third-order valence-electron chi connectivity index (χ3n) is 4.73. The van der Waals surface area contributed by atoms with Gasteiger partial charge in [0.25, 0.3) is 0 Å². The minimum atomic E-state index is -0.0498. The van der Waals surface area contributed by atoms with Gasteiger partial charge in [0, 0.05) is 41.5 Å². The maximum Gasteiger partial charge on any atom is 0.247 e.